The van der Waals surface area contributed by atoms with Crippen molar-refractivity contribution in [1.29, 1.82) is 0 Å². The first kappa shape index (κ1) is 11.0. The van der Waals surface area contributed by atoms with Crippen molar-refractivity contribution in [3.05, 3.63) is 11.6 Å². The Bertz CT molecular complexity index is 312. The van der Waals surface area contributed by atoms with Gasteiger partial charge < -0.3 is 4.90 Å². The molecule has 0 saturated carbocycles. The maximum Gasteiger partial charge on any atom is 0.232 e. The van der Waals surface area contributed by atoms with E-state index in [1.807, 2.05) is 13.2 Å². The zero-order valence-corrected chi connectivity index (χ0v) is 9.39. The quantitative estimate of drug-likeness (QED) is 0.789. The van der Waals surface area contributed by atoms with E-state index in [0.717, 1.165) is 5.82 Å². The summed E-state index contributed by atoms with van der Waals surface area (Å²) in [7, 11) is 1.75. The van der Waals surface area contributed by atoms with Gasteiger partial charge in [-0.3, -0.25) is 9.89 Å². The highest BCUT2D eigenvalue weighted by Gasteiger charge is 2.10. The van der Waals surface area contributed by atoms with Crippen LogP contribution in [0.2, 0.25) is 0 Å². The van der Waals surface area contributed by atoms with Crippen LogP contribution in [-0.2, 0) is 11.3 Å². The first-order chi connectivity index (χ1) is 6.63. The van der Waals surface area contributed by atoms with Crippen molar-refractivity contribution >= 4 is 17.7 Å². The number of hydrogen-bond acceptors (Lipinski definition) is 4. The first-order valence-electron chi connectivity index (χ1n) is 4.24. The van der Waals surface area contributed by atoms with Crippen molar-refractivity contribution in [1.82, 2.24) is 20.1 Å². The van der Waals surface area contributed by atoms with Crippen LogP contribution in [0.15, 0.2) is 0 Å². The van der Waals surface area contributed by atoms with Crippen LogP contribution in [0.1, 0.15) is 11.6 Å². The molecule has 5 nitrogen and oxygen atoms in total. The monoisotopic (exact) mass is 214 g/mol. The van der Waals surface area contributed by atoms with Gasteiger partial charge >= 0.3 is 0 Å². The third-order valence-electron chi connectivity index (χ3n) is 1.72. The summed E-state index contributed by atoms with van der Waals surface area (Å²) in [4.78, 5) is 17.1. The molecule has 0 spiro atoms. The van der Waals surface area contributed by atoms with Crippen molar-refractivity contribution in [2.75, 3.05) is 19.1 Å². The van der Waals surface area contributed by atoms with E-state index in [1.54, 1.807) is 11.9 Å². The molecule has 0 unspecified atom stereocenters. The van der Waals surface area contributed by atoms with Gasteiger partial charge in [-0.05, 0) is 13.2 Å². The van der Waals surface area contributed by atoms with Crippen molar-refractivity contribution in [3.8, 4) is 0 Å². The minimum absolute atomic E-state index is 0.0972. The predicted octanol–water partition coefficient (Wildman–Crippen LogP) is 0.435. The molecule has 1 aromatic heterocycles. The summed E-state index contributed by atoms with van der Waals surface area (Å²) in [6.45, 7) is 2.30. The van der Waals surface area contributed by atoms with Gasteiger partial charge in [0.2, 0.25) is 5.91 Å². The first-order valence-corrected chi connectivity index (χ1v) is 5.63. The van der Waals surface area contributed by atoms with Crippen molar-refractivity contribution in [2.45, 2.75) is 13.5 Å². The van der Waals surface area contributed by atoms with E-state index in [4.69, 9.17) is 0 Å². The molecule has 0 fully saturated rings. The molecule has 1 amide bonds. The summed E-state index contributed by atoms with van der Waals surface area (Å²) in [6.07, 6.45) is 1.91. The Balaban J connectivity index is 2.48. The van der Waals surface area contributed by atoms with E-state index >= 15 is 0 Å². The highest BCUT2D eigenvalue weighted by molar-refractivity contribution is 7.99. The van der Waals surface area contributed by atoms with Crippen LogP contribution in [0, 0.1) is 6.92 Å². The van der Waals surface area contributed by atoms with Crippen LogP contribution in [0.4, 0.5) is 0 Å². The number of carbonyl (C=O) groups is 1. The summed E-state index contributed by atoms with van der Waals surface area (Å²) >= 11 is 1.51. The Labute approximate surface area is 87.3 Å². The third-order valence-corrected chi connectivity index (χ3v) is 2.25. The number of aromatic amines is 1. The molecule has 0 aliphatic rings. The molecule has 6 heteroatoms. The highest BCUT2D eigenvalue weighted by atomic mass is 32.2. The van der Waals surface area contributed by atoms with Gasteiger partial charge in [-0.2, -0.15) is 16.9 Å². The van der Waals surface area contributed by atoms with Gasteiger partial charge in [-0.1, -0.05) is 0 Å². The van der Waals surface area contributed by atoms with Crippen LogP contribution in [0.5, 0.6) is 0 Å². The van der Waals surface area contributed by atoms with Gasteiger partial charge in [0.05, 0.1) is 12.3 Å². The number of thioether (sulfide) groups is 1. The number of nitrogens with zero attached hydrogens (tertiary/aromatic N) is 3. The standard InChI is InChI=1S/C8H14N4OS/c1-6-9-7(11-10-6)4-12(2)8(13)5-14-3/h4-5H2,1-3H3,(H,9,10,11). The second kappa shape index (κ2) is 4.99. The van der Waals surface area contributed by atoms with E-state index in [9.17, 15) is 4.79 Å². The fourth-order valence-electron chi connectivity index (χ4n) is 0.994. The Morgan fingerprint density at radius 2 is 2.36 bits per heavy atom. The van der Waals surface area contributed by atoms with Crippen LogP contribution in [0.3, 0.4) is 0 Å². The molecule has 0 aromatic carbocycles. The molecule has 1 rings (SSSR count). The summed E-state index contributed by atoms with van der Waals surface area (Å²) in [6, 6.07) is 0. The predicted molar refractivity (Wildman–Crippen MR) is 56.0 cm³/mol. The molecule has 0 atom stereocenters. The second-order valence-electron chi connectivity index (χ2n) is 3.02. The van der Waals surface area contributed by atoms with E-state index < -0.39 is 0 Å². The zero-order chi connectivity index (χ0) is 10.6. The molecule has 1 N–H and O–H groups in total. The van der Waals surface area contributed by atoms with E-state index in [-0.39, 0.29) is 5.91 Å². The molecule has 78 valence electrons. The van der Waals surface area contributed by atoms with E-state index in [2.05, 4.69) is 15.2 Å². The Morgan fingerprint density at radius 1 is 1.64 bits per heavy atom. The van der Waals surface area contributed by atoms with E-state index in [0.29, 0.717) is 18.1 Å². The summed E-state index contributed by atoms with van der Waals surface area (Å²) < 4.78 is 0. The van der Waals surface area contributed by atoms with Crippen LogP contribution < -0.4 is 0 Å². The maximum atomic E-state index is 11.4. The van der Waals surface area contributed by atoms with Crippen LogP contribution >= 0.6 is 11.8 Å². The fourth-order valence-corrected chi connectivity index (χ4v) is 1.46. The lowest BCUT2D eigenvalue weighted by atomic mass is 10.5. The van der Waals surface area contributed by atoms with Gasteiger partial charge in [0.25, 0.3) is 0 Å². The topological polar surface area (TPSA) is 61.9 Å². The van der Waals surface area contributed by atoms with Gasteiger partial charge in [0.15, 0.2) is 5.82 Å². The lowest BCUT2D eigenvalue weighted by Gasteiger charge is -2.13. The number of aryl methyl sites for hydroxylation is 1. The molecule has 0 bridgehead atoms. The molecule has 14 heavy (non-hydrogen) atoms. The lowest BCUT2D eigenvalue weighted by molar-refractivity contribution is -0.127. The van der Waals surface area contributed by atoms with E-state index in [1.165, 1.54) is 11.8 Å². The average Bonchev–Trinajstić information content (AvgIpc) is 2.51. The fraction of sp³-hybridized carbons (Fsp3) is 0.625. The van der Waals surface area contributed by atoms with Gasteiger partial charge in [-0.25, -0.2) is 4.98 Å². The zero-order valence-electron chi connectivity index (χ0n) is 8.57. The average molecular weight is 214 g/mol. The number of H-pyrrole nitrogens is 1. The number of rotatable bonds is 4. The lowest BCUT2D eigenvalue weighted by Crippen LogP contribution is -2.28. The van der Waals surface area contributed by atoms with Crippen LogP contribution in [-0.4, -0.2) is 45.0 Å². The molecule has 1 aromatic rings. The van der Waals surface area contributed by atoms with Gasteiger partial charge in [0.1, 0.15) is 5.82 Å². The minimum Gasteiger partial charge on any atom is -0.337 e. The summed E-state index contributed by atoms with van der Waals surface area (Å²) in [5.41, 5.74) is 0. The molecule has 0 aliphatic heterocycles. The number of hydrogen-bond donors (Lipinski definition) is 1. The largest absolute Gasteiger partial charge is 0.337 e. The van der Waals surface area contributed by atoms with Gasteiger partial charge in [-0.15, -0.1) is 0 Å². The molecule has 0 aliphatic carbocycles. The minimum atomic E-state index is 0.0972. The molecule has 0 saturated heterocycles. The smallest absolute Gasteiger partial charge is 0.232 e. The third kappa shape index (κ3) is 3.02. The summed E-state index contributed by atoms with van der Waals surface area (Å²) in [5.74, 6) is 2.02. The SMILES string of the molecule is CSCC(=O)N(C)Cc1n[nH]c(C)n1. The number of nitrogens with one attached hydrogen (secondary N) is 1. The van der Waals surface area contributed by atoms with Crippen molar-refractivity contribution in [3.63, 3.8) is 0 Å². The van der Waals surface area contributed by atoms with Crippen molar-refractivity contribution < 1.29 is 4.79 Å². The number of carbonyl (C=O) groups excluding carboxylic acids is 1. The Morgan fingerprint density at radius 3 is 2.86 bits per heavy atom. The number of amides is 1. The van der Waals surface area contributed by atoms with Crippen LogP contribution in [0.25, 0.3) is 0 Å². The van der Waals surface area contributed by atoms with Gasteiger partial charge in [0, 0.05) is 7.05 Å². The number of aromatic nitrogens is 3. The highest BCUT2D eigenvalue weighted by Crippen LogP contribution is 2.00. The normalized spacial score (nSPS) is 10.2. The maximum absolute atomic E-state index is 11.4. The molecular formula is C8H14N4OS. The Hall–Kier alpha value is -1.04. The molecular weight excluding hydrogens is 200 g/mol. The second-order valence-corrected chi connectivity index (χ2v) is 3.89. The molecule has 1 heterocycles. The van der Waals surface area contributed by atoms with Crippen molar-refractivity contribution in [2.24, 2.45) is 0 Å². The Kier molecular flexibility index (Phi) is 3.94. The summed E-state index contributed by atoms with van der Waals surface area (Å²) in [5, 5.41) is 6.70. The molecule has 0 radical (unpaired) electrons.